The van der Waals surface area contributed by atoms with Crippen LogP contribution in [0.5, 0.6) is 0 Å². The zero-order valence-corrected chi connectivity index (χ0v) is 15.6. The van der Waals surface area contributed by atoms with E-state index in [4.69, 9.17) is 9.47 Å². The maximum atomic E-state index is 12.0. The Bertz CT molecular complexity index is 588. The molecule has 4 rings (SSSR count). The first-order valence-corrected chi connectivity index (χ1v) is 9.80. The zero-order valence-electron chi connectivity index (χ0n) is 13.9. The van der Waals surface area contributed by atoms with Gasteiger partial charge in [0.25, 0.3) is 0 Å². The van der Waals surface area contributed by atoms with Gasteiger partial charge in [0.2, 0.25) is 0 Å². The third-order valence-corrected chi connectivity index (χ3v) is 8.60. The molecule has 1 unspecified atom stereocenters. The molecule has 1 aromatic carbocycles. The molecule has 2 aliphatic heterocycles. The number of fused-ring (bicyclic) bond motifs is 3. The third kappa shape index (κ3) is 2.72. The molecule has 2 bridgehead atoms. The fraction of sp³-hybridized carbons (Fsp3) is 0.526. The van der Waals surface area contributed by atoms with Gasteiger partial charge in [-0.15, -0.1) is 0 Å². The molecule has 0 aromatic heterocycles. The van der Waals surface area contributed by atoms with Gasteiger partial charge in [0.15, 0.2) is 0 Å². The number of rotatable bonds is 5. The number of ether oxygens (including phenoxy) is 2. The van der Waals surface area contributed by atoms with Crippen LogP contribution in [0, 0.1) is 23.7 Å². The maximum absolute atomic E-state index is 12.0. The second-order valence-corrected chi connectivity index (χ2v) is 9.45. The van der Waals surface area contributed by atoms with E-state index in [0.717, 1.165) is 18.3 Å². The molecule has 3 fully saturated rings. The van der Waals surface area contributed by atoms with Crippen molar-refractivity contribution in [3.8, 4) is 0 Å². The third-order valence-electron chi connectivity index (χ3n) is 5.24. The molecule has 1 saturated carbocycles. The topological polar surface area (TPSA) is 35.5 Å². The predicted molar refractivity (Wildman–Crippen MR) is 91.6 cm³/mol. The summed E-state index contributed by atoms with van der Waals surface area (Å²) < 4.78 is 12.9. The van der Waals surface area contributed by atoms with E-state index in [1.165, 1.54) is 4.46 Å². The first-order chi connectivity index (χ1) is 11.0. The van der Waals surface area contributed by atoms with E-state index in [1.54, 1.807) is 7.11 Å². The first kappa shape index (κ1) is 16.9. The van der Waals surface area contributed by atoms with Gasteiger partial charge in [0.05, 0.1) is 0 Å². The summed E-state index contributed by atoms with van der Waals surface area (Å²) in [6, 6.07) is 10.4. The molecule has 4 heteroatoms. The van der Waals surface area contributed by atoms with E-state index in [9.17, 15) is 4.79 Å². The van der Waals surface area contributed by atoms with Crippen molar-refractivity contribution < 1.29 is 14.3 Å². The second-order valence-electron chi connectivity index (χ2n) is 6.69. The van der Waals surface area contributed by atoms with Crippen LogP contribution in [-0.4, -0.2) is 39.1 Å². The van der Waals surface area contributed by atoms with Crippen LogP contribution in [0.15, 0.2) is 42.5 Å². The Hall–Kier alpha value is -0.931. The van der Waals surface area contributed by atoms with E-state index in [0.29, 0.717) is 5.92 Å². The number of aldehydes is 1. The summed E-state index contributed by atoms with van der Waals surface area (Å²) in [6.45, 7) is 8.41. The van der Waals surface area contributed by atoms with Crippen LogP contribution in [0.4, 0.5) is 0 Å². The number of carbonyl (C=O) groups is 1. The molecule has 124 valence electrons. The fourth-order valence-corrected chi connectivity index (χ4v) is 7.27. The Labute approximate surface area is 144 Å². The summed E-state index contributed by atoms with van der Waals surface area (Å²) in [5.41, 5.74) is 1.07. The van der Waals surface area contributed by atoms with Crippen molar-refractivity contribution in [3.63, 3.8) is 0 Å². The van der Waals surface area contributed by atoms with Crippen LogP contribution in [0.1, 0.15) is 20.3 Å². The summed E-state index contributed by atoms with van der Waals surface area (Å²) in [5, 5.41) is 0. The Morgan fingerprint density at radius 1 is 1.43 bits per heavy atom. The van der Waals surface area contributed by atoms with Crippen molar-refractivity contribution in [3.05, 3.63) is 42.5 Å². The van der Waals surface area contributed by atoms with Crippen LogP contribution >= 0.6 is 0 Å². The molecule has 2 heterocycles. The van der Waals surface area contributed by atoms with Crippen molar-refractivity contribution in [1.29, 1.82) is 0 Å². The molecule has 0 N–H and O–H groups in total. The average molecular weight is 379 g/mol. The minimum absolute atomic E-state index is 0.0368. The SMILES string of the molecule is C=C(C)[C@@H]1[C@H]2C[C@@H](C)C([Se]c3ccccc3)(O[C@H]2OC)[C@H]1C=O. The van der Waals surface area contributed by atoms with E-state index in [-0.39, 0.29) is 39.0 Å². The molecule has 2 saturated heterocycles. The van der Waals surface area contributed by atoms with Crippen LogP contribution in [-0.2, 0) is 14.3 Å². The normalized spacial score (nSPS) is 39.2. The number of hydrogen-bond donors (Lipinski definition) is 0. The quantitative estimate of drug-likeness (QED) is 0.448. The van der Waals surface area contributed by atoms with Gasteiger partial charge in [-0.25, -0.2) is 0 Å². The summed E-state index contributed by atoms with van der Waals surface area (Å²) >= 11 is 0.0368. The molecule has 3 nitrogen and oxygen atoms in total. The molecule has 23 heavy (non-hydrogen) atoms. The Morgan fingerprint density at radius 3 is 2.70 bits per heavy atom. The molecule has 0 amide bonds. The Kier molecular flexibility index (Phi) is 4.80. The summed E-state index contributed by atoms with van der Waals surface area (Å²) in [6.07, 6.45) is 1.89. The van der Waals surface area contributed by atoms with Crippen LogP contribution in [0.2, 0.25) is 0 Å². The van der Waals surface area contributed by atoms with Crippen molar-refractivity contribution in [1.82, 2.24) is 0 Å². The standard InChI is InChI=1S/C19H24O3Se/c1-12(2)17-15-10-13(3)19(16(17)11-20,22-18(15)21-4)23-14-8-6-5-7-9-14/h5-9,11,13,15-18H,1,10H2,2-4H3/t13-,15-,16+,17-,18-,19?/m1/s1. The average Bonchev–Trinajstić information content (AvgIpc) is 2.55. The molecule has 6 atom stereocenters. The van der Waals surface area contributed by atoms with E-state index in [2.05, 4.69) is 25.6 Å². The molecule has 0 spiro atoms. The fourth-order valence-electron chi connectivity index (χ4n) is 4.25. The van der Waals surface area contributed by atoms with Crippen molar-refractivity contribution in [2.75, 3.05) is 7.11 Å². The summed E-state index contributed by atoms with van der Waals surface area (Å²) in [5.74, 6) is 0.564. The van der Waals surface area contributed by atoms with E-state index < -0.39 is 4.50 Å². The van der Waals surface area contributed by atoms with Gasteiger partial charge in [-0.3, -0.25) is 0 Å². The molecule has 1 aliphatic carbocycles. The van der Waals surface area contributed by atoms with Gasteiger partial charge in [0, 0.05) is 0 Å². The van der Waals surface area contributed by atoms with Crippen LogP contribution < -0.4 is 4.46 Å². The van der Waals surface area contributed by atoms with Crippen molar-refractivity contribution >= 4 is 25.7 Å². The van der Waals surface area contributed by atoms with Crippen LogP contribution in [0.25, 0.3) is 0 Å². The van der Waals surface area contributed by atoms with Gasteiger partial charge in [-0.2, -0.15) is 0 Å². The number of benzene rings is 1. The first-order valence-electron chi connectivity index (χ1n) is 8.09. The zero-order chi connectivity index (χ0) is 16.6. The van der Waals surface area contributed by atoms with Gasteiger partial charge in [0.1, 0.15) is 0 Å². The summed E-state index contributed by atoms with van der Waals surface area (Å²) in [4.78, 5) is 12.0. The van der Waals surface area contributed by atoms with Gasteiger partial charge < -0.3 is 0 Å². The van der Waals surface area contributed by atoms with Crippen molar-refractivity contribution in [2.45, 2.75) is 31.1 Å². The Morgan fingerprint density at radius 2 is 2.13 bits per heavy atom. The van der Waals surface area contributed by atoms with Crippen molar-refractivity contribution in [2.24, 2.45) is 23.7 Å². The monoisotopic (exact) mass is 380 g/mol. The molecular formula is C19H24O3Se. The molecule has 0 radical (unpaired) electrons. The van der Waals surface area contributed by atoms with Gasteiger partial charge in [-0.05, 0) is 0 Å². The number of allylic oxidation sites excluding steroid dienone is 1. The minimum atomic E-state index is -0.449. The van der Waals surface area contributed by atoms with Crippen LogP contribution in [0.3, 0.4) is 0 Å². The molecule has 3 aliphatic rings. The predicted octanol–water partition coefficient (Wildman–Crippen LogP) is 2.38. The van der Waals surface area contributed by atoms with E-state index >= 15 is 0 Å². The van der Waals surface area contributed by atoms with Gasteiger partial charge >= 0.3 is 144 Å². The number of hydrogen-bond acceptors (Lipinski definition) is 3. The van der Waals surface area contributed by atoms with Gasteiger partial charge in [-0.1, -0.05) is 0 Å². The number of methoxy groups -OCH3 is 1. The number of carbonyl (C=O) groups excluding carboxylic acids is 1. The molecule has 1 aromatic rings. The molecular weight excluding hydrogens is 355 g/mol. The Balaban J connectivity index is 2.04. The van der Waals surface area contributed by atoms with E-state index in [1.807, 2.05) is 25.1 Å². The summed E-state index contributed by atoms with van der Waals surface area (Å²) in [7, 11) is 1.70. The second kappa shape index (κ2) is 6.52.